The number of imide groups is 1. The van der Waals surface area contributed by atoms with E-state index in [0.29, 0.717) is 25.9 Å². The van der Waals surface area contributed by atoms with Crippen LogP contribution in [0.5, 0.6) is 0 Å². The summed E-state index contributed by atoms with van der Waals surface area (Å²) in [6, 6.07) is -2.10. The molecule has 1 saturated carbocycles. The molecule has 3 atom stereocenters. The Labute approximate surface area is 187 Å². The Morgan fingerprint density at radius 1 is 1.30 bits per heavy atom. The van der Waals surface area contributed by atoms with Crippen LogP contribution in [0.2, 0.25) is 0 Å². The molecule has 0 radical (unpaired) electrons. The van der Waals surface area contributed by atoms with E-state index in [4.69, 9.17) is 25.5 Å². The number of hydrogen-bond acceptors (Lipinski definition) is 12. The van der Waals surface area contributed by atoms with E-state index >= 15 is 0 Å². The van der Waals surface area contributed by atoms with Crippen LogP contribution >= 0.6 is 0 Å². The number of aliphatic hydroxyl groups excluding tert-OH is 2. The van der Waals surface area contributed by atoms with E-state index in [0.717, 1.165) is 5.06 Å². The van der Waals surface area contributed by atoms with Gasteiger partial charge in [-0.15, -0.1) is 10.2 Å². The first kappa shape index (κ1) is 24.9. The number of carbonyl (C=O) groups excluding carboxylic acids is 2. The van der Waals surface area contributed by atoms with Crippen molar-refractivity contribution in [1.29, 1.82) is 0 Å². The number of hydrogen-bond donors (Lipinski definition) is 6. The largest absolute Gasteiger partial charge is 0.479 e. The first-order valence-corrected chi connectivity index (χ1v) is 10.3. The molecular formula is C18H28N6O9. The van der Waals surface area contributed by atoms with E-state index in [1.54, 1.807) is 0 Å². The molecule has 2 bridgehead atoms. The Bertz CT molecular complexity index is 887. The zero-order valence-corrected chi connectivity index (χ0v) is 18.0. The van der Waals surface area contributed by atoms with Gasteiger partial charge in [-0.25, -0.2) is 9.59 Å². The second-order valence-electron chi connectivity index (χ2n) is 8.24. The van der Waals surface area contributed by atoms with E-state index in [1.807, 2.05) is 5.32 Å². The van der Waals surface area contributed by atoms with Gasteiger partial charge in [0.2, 0.25) is 17.3 Å². The third-order valence-corrected chi connectivity index (χ3v) is 5.84. The van der Waals surface area contributed by atoms with Crippen molar-refractivity contribution in [3.8, 4) is 0 Å². The molecule has 2 saturated heterocycles. The van der Waals surface area contributed by atoms with Gasteiger partial charge in [0.15, 0.2) is 5.54 Å². The lowest BCUT2D eigenvalue weighted by Crippen LogP contribution is -2.66. The number of carbonyl (C=O) groups is 3. The van der Waals surface area contributed by atoms with Crippen LogP contribution < -0.4 is 16.8 Å². The van der Waals surface area contributed by atoms with Crippen LogP contribution in [0, 0.1) is 5.92 Å². The van der Waals surface area contributed by atoms with Crippen molar-refractivity contribution in [3.63, 3.8) is 0 Å². The molecule has 3 heterocycles. The van der Waals surface area contributed by atoms with Crippen LogP contribution in [0.3, 0.4) is 0 Å². The van der Waals surface area contributed by atoms with Crippen molar-refractivity contribution in [2.24, 2.45) is 17.4 Å². The Balaban J connectivity index is 1.92. The van der Waals surface area contributed by atoms with Gasteiger partial charge in [0.1, 0.15) is 6.04 Å². The molecular weight excluding hydrogens is 444 g/mol. The molecule has 1 aliphatic carbocycles. The maximum absolute atomic E-state index is 13.1. The summed E-state index contributed by atoms with van der Waals surface area (Å²) in [5.74, 6) is -3.23. The van der Waals surface area contributed by atoms with Crippen molar-refractivity contribution in [3.05, 3.63) is 11.8 Å². The number of aliphatic hydroxyl groups is 2. The molecule has 1 unspecified atom stereocenters. The fraction of sp³-hybridized carbons (Fsp3) is 0.722. The highest BCUT2D eigenvalue weighted by atomic mass is 16.7. The number of fused-ring (bicyclic) bond motifs is 6. The summed E-state index contributed by atoms with van der Waals surface area (Å²) in [4.78, 5) is 42.4. The van der Waals surface area contributed by atoms with Gasteiger partial charge in [0.05, 0.1) is 25.9 Å². The average Bonchev–Trinajstić information content (AvgIpc) is 3.24. The highest BCUT2D eigenvalue weighted by Crippen LogP contribution is 2.51. The molecule has 3 aliphatic rings. The molecule has 0 aromatic carbocycles. The monoisotopic (exact) mass is 472 g/mol. The molecule has 184 valence electrons. The summed E-state index contributed by atoms with van der Waals surface area (Å²) in [6.07, 6.45) is 0.346. The van der Waals surface area contributed by atoms with Gasteiger partial charge in [-0.3, -0.25) is 14.9 Å². The summed E-state index contributed by atoms with van der Waals surface area (Å²) in [6.45, 7) is 0.770. The van der Waals surface area contributed by atoms with Crippen molar-refractivity contribution >= 4 is 17.9 Å². The summed E-state index contributed by atoms with van der Waals surface area (Å²) >= 11 is 0. The van der Waals surface area contributed by atoms with Crippen molar-refractivity contribution in [1.82, 2.24) is 20.6 Å². The van der Waals surface area contributed by atoms with Gasteiger partial charge in [-0.05, 0) is 32.1 Å². The molecule has 3 fully saturated rings. The normalized spacial score (nSPS) is 26.9. The lowest BCUT2D eigenvalue weighted by atomic mass is 9.66. The first-order chi connectivity index (χ1) is 15.5. The van der Waals surface area contributed by atoms with Crippen molar-refractivity contribution in [2.75, 3.05) is 26.4 Å². The molecule has 1 aromatic heterocycles. The molecule has 0 spiro atoms. The number of nitrogens with zero attached hydrogens (tertiary/aromatic N) is 3. The molecule has 2 aliphatic heterocycles. The minimum Gasteiger partial charge on any atom is -0.479 e. The maximum atomic E-state index is 13.1. The molecule has 8 N–H and O–H groups in total. The van der Waals surface area contributed by atoms with E-state index in [2.05, 4.69) is 10.2 Å². The van der Waals surface area contributed by atoms with E-state index in [-0.39, 0.29) is 30.9 Å². The van der Waals surface area contributed by atoms with Gasteiger partial charge in [-0.1, -0.05) is 0 Å². The smallest absolute Gasteiger partial charge is 0.349 e. The quantitative estimate of drug-likeness (QED) is 0.240. The lowest BCUT2D eigenvalue weighted by Gasteiger charge is -2.50. The number of carboxylic acids is 1. The van der Waals surface area contributed by atoms with Crippen LogP contribution in [0.25, 0.3) is 0 Å². The van der Waals surface area contributed by atoms with Gasteiger partial charge >= 0.3 is 12.0 Å². The number of hydroxylamine groups is 2. The third-order valence-electron chi connectivity index (χ3n) is 5.84. The predicted octanol–water partition coefficient (Wildman–Crippen LogP) is -2.28. The number of carboxylic acid groups (broad SMARTS) is 1. The summed E-state index contributed by atoms with van der Waals surface area (Å²) in [5.41, 5.74) is 7.28. The van der Waals surface area contributed by atoms with Crippen molar-refractivity contribution < 1.29 is 43.7 Å². The summed E-state index contributed by atoms with van der Waals surface area (Å²) in [7, 11) is 0. The molecule has 15 heteroatoms. The number of urea groups is 1. The predicted molar refractivity (Wildman–Crippen MR) is 106 cm³/mol. The van der Waals surface area contributed by atoms with E-state index in [9.17, 15) is 29.7 Å². The minimum atomic E-state index is -2.74. The van der Waals surface area contributed by atoms with Crippen LogP contribution in [-0.2, 0) is 24.7 Å². The number of rotatable bonds is 6. The number of aromatic nitrogens is 2. The Morgan fingerprint density at radius 3 is 2.61 bits per heavy atom. The molecule has 1 aromatic rings. The van der Waals surface area contributed by atoms with Gasteiger partial charge in [0.25, 0.3) is 5.91 Å². The molecule has 33 heavy (non-hydrogen) atoms. The highest BCUT2D eigenvalue weighted by Gasteiger charge is 2.57. The topological polar surface area (TPSA) is 237 Å². The molecule has 15 nitrogen and oxygen atoms in total. The zero-order valence-electron chi connectivity index (χ0n) is 18.0. The zero-order chi connectivity index (χ0) is 24.4. The third kappa shape index (κ3) is 4.68. The summed E-state index contributed by atoms with van der Waals surface area (Å²) < 4.78 is 11.1. The second-order valence-corrected chi connectivity index (χ2v) is 8.24. The fourth-order valence-electron chi connectivity index (χ4n) is 3.70. The SMILES string of the molecule is C[C@H](O)[C@H](N)c1nnc(C23CC(CCOCCON2C(=O)NC(=O)C(N)(CO)C(=O)O)C3)o1. The standard InChI is InChI=1S/C18H28N6O9/c1-9(26)11(19)12-22-23-14(33-12)17-6-10(7-17)2-3-31-4-5-32-24(17)16(30)21-13(27)18(20,8-25)15(28)29/h9-11,25-26H,2-8,19-20H2,1H3,(H,28,29)(H,21,27,30)/t9-,10?,11-,17?,18?/m0/s1. The van der Waals surface area contributed by atoms with E-state index in [1.165, 1.54) is 6.92 Å². The highest BCUT2D eigenvalue weighted by molar-refractivity contribution is 6.11. The van der Waals surface area contributed by atoms with Crippen LogP contribution in [0.4, 0.5) is 4.79 Å². The average molecular weight is 472 g/mol. The Hall–Kier alpha value is -2.69. The van der Waals surface area contributed by atoms with Crippen LogP contribution in [0.1, 0.15) is 44.0 Å². The maximum Gasteiger partial charge on any atom is 0.349 e. The summed E-state index contributed by atoms with van der Waals surface area (Å²) in [5, 5.41) is 38.8. The van der Waals surface area contributed by atoms with Crippen LogP contribution in [-0.4, -0.2) is 86.6 Å². The number of nitrogens with one attached hydrogen (secondary N) is 1. The Kier molecular flexibility index (Phi) is 7.30. The van der Waals surface area contributed by atoms with Crippen molar-refractivity contribution in [2.45, 2.75) is 49.4 Å². The number of nitrogens with two attached hydrogens (primary N) is 2. The fourth-order valence-corrected chi connectivity index (χ4v) is 3.70. The van der Waals surface area contributed by atoms with Gasteiger partial charge < -0.3 is 35.9 Å². The lowest BCUT2D eigenvalue weighted by molar-refractivity contribution is -0.241. The molecule has 4 rings (SSSR count). The first-order valence-electron chi connectivity index (χ1n) is 10.3. The number of amides is 3. The number of ether oxygens (including phenoxy) is 1. The second kappa shape index (κ2) is 9.66. The van der Waals surface area contributed by atoms with Gasteiger partial charge in [-0.2, -0.15) is 5.06 Å². The minimum absolute atomic E-state index is 0.0201. The van der Waals surface area contributed by atoms with Crippen LogP contribution in [0.15, 0.2) is 4.42 Å². The van der Waals surface area contributed by atoms with E-state index < -0.39 is 47.7 Å². The Morgan fingerprint density at radius 2 is 2.00 bits per heavy atom. The van der Waals surface area contributed by atoms with Gasteiger partial charge in [0, 0.05) is 6.61 Å². The number of aliphatic carboxylic acids is 1. The molecule has 3 amide bonds.